The molecule has 0 bridgehead atoms. The van der Waals surface area contributed by atoms with Gasteiger partial charge in [0.05, 0.1) is 24.3 Å². The smallest absolute Gasteiger partial charge is 0.221 e. The van der Waals surface area contributed by atoms with Gasteiger partial charge in [-0.05, 0) is 5.56 Å². The van der Waals surface area contributed by atoms with E-state index in [0.29, 0.717) is 13.0 Å². The maximum atomic E-state index is 11.3. The number of benzene rings is 1. The fraction of sp³-hybridized carbons (Fsp3) is 0.286. The Morgan fingerprint density at radius 2 is 2.16 bits per heavy atom. The van der Waals surface area contributed by atoms with Crippen molar-refractivity contribution in [3.05, 3.63) is 54.1 Å². The normalized spacial score (nSPS) is 12.1. The van der Waals surface area contributed by atoms with Gasteiger partial charge in [-0.25, -0.2) is 4.98 Å². The largest absolute Gasteiger partial charge is 0.359 e. The van der Waals surface area contributed by atoms with Crippen LogP contribution >= 0.6 is 0 Å². The number of hydrogen-bond donors (Lipinski definition) is 2. The first-order chi connectivity index (χ1) is 9.22. The number of imidazole rings is 1. The van der Waals surface area contributed by atoms with Crippen LogP contribution in [0.2, 0.25) is 0 Å². The van der Waals surface area contributed by atoms with Crippen molar-refractivity contribution >= 4 is 5.91 Å². The van der Waals surface area contributed by atoms with Crippen molar-refractivity contribution in [3.63, 3.8) is 0 Å². The molecule has 2 aromatic rings. The lowest BCUT2D eigenvalue weighted by Gasteiger charge is -2.14. The number of aromatic nitrogens is 2. The lowest BCUT2D eigenvalue weighted by molar-refractivity contribution is -0.120. The molecule has 3 N–H and O–H groups in total. The van der Waals surface area contributed by atoms with Crippen LogP contribution in [0.3, 0.4) is 0 Å². The van der Waals surface area contributed by atoms with E-state index in [1.54, 1.807) is 19.6 Å². The minimum Gasteiger partial charge on any atom is -0.359 e. The van der Waals surface area contributed by atoms with Gasteiger partial charge in [-0.15, -0.1) is 0 Å². The molecule has 1 heterocycles. The molecule has 1 aromatic carbocycles. The summed E-state index contributed by atoms with van der Waals surface area (Å²) in [4.78, 5) is 15.4. The first-order valence-corrected chi connectivity index (χ1v) is 6.23. The number of nitrogens with zero attached hydrogens (tertiary/aromatic N) is 2. The minimum atomic E-state index is -0.228. The Balaban J connectivity index is 2.13. The molecule has 5 nitrogen and oxygen atoms in total. The highest BCUT2D eigenvalue weighted by Gasteiger charge is 2.13. The molecule has 1 aromatic heterocycles. The molecule has 0 aliphatic carbocycles. The standard InChI is InChI=1S/C14H18N4O/c1-16-13(19)7-8-18-10-17-9-12(18)14(15)11-5-3-2-4-6-11/h2-6,9-10,14H,7-8,15H2,1H3,(H,16,19). The Labute approximate surface area is 112 Å². The minimum absolute atomic E-state index is 0.00734. The molecule has 100 valence electrons. The van der Waals surface area contributed by atoms with Crippen LogP contribution in [0.5, 0.6) is 0 Å². The number of aryl methyl sites for hydroxylation is 1. The highest BCUT2D eigenvalue weighted by Crippen LogP contribution is 2.19. The third-order valence-electron chi connectivity index (χ3n) is 3.08. The summed E-state index contributed by atoms with van der Waals surface area (Å²) in [6.07, 6.45) is 3.88. The van der Waals surface area contributed by atoms with Crippen molar-refractivity contribution in [1.82, 2.24) is 14.9 Å². The van der Waals surface area contributed by atoms with Crippen molar-refractivity contribution in [2.75, 3.05) is 7.05 Å². The Morgan fingerprint density at radius 3 is 2.84 bits per heavy atom. The number of carbonyl (C=O) groups is 1. The number of rotatable bonds is 5. The van der Waals surface area contributed by atoms with Gasteiger partial charge in [-0.3, -0.25) is 4.79 Å². The second kappa shape index (κ2) is 6.15. The summed E-state index contributed by atoms with van der Waals surface area (Å²) in [5.74, 6) is 0.00734. The fourth-order valence-electron chi connectivity index (χ4n) is 1.95. The van der Waals surface area contributed by atoms with Gasteiger partial charge in [0.1, 0.15) is 0 Å². The van der Waals surface area contributed by atoms with Crippen molar-refractivity contribution in [2.45, 2.75) is 19.0 Å². The second-order valence-electron chi connectivity index (χ2n) is 4.32. The summed E-state index contributed by atoms with van der Waals surface area (Å²) < 4.78 is 1.92. The molecule has 0 spiro atoms. The average molecular weight is 258 g/mol. The number of nitrogens with two attached hydrogens (primary N) is 1. The first-order valence-electron chi connectivity index (χ1n) is 6.23. The molecule has 0 fully saturated rings. The zero-order chi connectivity index (χ0) is 13.7. The Morgan fingerprint density at radius 1 is 1.42 bits per heavy atom. The summed E-state index contributed by atoms with van der Waals surface area (Å²) >= 11 is 0. The van der Waals surface area contributed by atoms with Crippen LogP contribution in [0.15, 0.2) is 42.9 Å². The summed E-state index contributed by atoms with van der Waals surface area (Å²) in [5, 5.41) is 2.60. The third-order valence-corrected chi connectivity index (χ3v) is 3.08. The second-order valence-corrected chi connectivity index (χ2v) is 4.32. The van der Waals surface area contributed by atoms with Crippen LogP contribution in [0.25, 0.3) is 0 Å². The Hall–Kier alpha value is -2.14. The fourth-order valence-corrected chi connectivity index (χ4v) is 1.95. The van der Waals surface area contributed by atoms with Gasteiger partial charge in [0.15, 0.2) is 0 Å². The molecule has 0 saturated carbocycles. The van der Waals surface area contributed by atoms with Gasteiger partial charge in [0, 0.05) is 20.0 Å². The molecular formula is C14H18N4O. The Bertz CT molecular complexity index is 535. The van der Waals surface area contributed by atoms with Crippen molar-refractivity contribution in [1.29, 1.82) is 0 Å². The summed E-state index contributed by atoms with van der Waals surface area (Å²) in [6.45, 7) is 0.579. The van der Waals surface area contributed by atoms with E-state index in [2.05, 4.69) is 10.3 Å². The van der Waals surface area contributed by atoms with Gasteiger partial charge in [0.2, 0.25) is 5.91 Å². The van der Waals surface area contributed by atoms with E-state index in [-0.39, 0.29) is 11.9 Å². The zero-order valence-corrected chi connectivity index (χ0v) is 10.9. The van der Waals surface area contributed by atoms with Crippen molar-refractivity contribution in [2.24, 2.45) is 5.73 Å². The third kappa shape index (κ3) is 3.20. The van der Waals surface area contributed by atoms with Gasteiger partial charge >= 0.3 is 0 Å². The summed E-state index contributed by atoms with van der Waals surface area (Å²) in [6, 6.07) is 9.62. The van der Waals surface area contributed by atoms with E-state index in [1.807, 2.05) is 34.9 Å². The summed E-state index contributed by atoms with van der Waals surface area (Å²) in [7, 11) is 1.63. The molecule has 1 unspecified atom stereocenters. The Kier molecular flexibility index (Phi) is 4.30. The number of carbonyl (C=O) groups excluding carboxylic acids is 1. The lowest BCUT2D eigenvalue weighted by atomic mass is 10.1. The zero-order valence-electron chi connectivity index (χ0n) is 10.9. The highest BCUT2D eigenvalue weighted by atomic mass is 16.1. The number of hydrogen-bond acceptors (Lipinski definition) is 3. The number of nitrogens with one attached hydrogen (secondary N) is 1. The molecule has 0 aliphatic rings. The quantitative estimate of drug-likeness (QED) is 0.842. The lowest BCUT2D eigenvalue weighted by Crippen LogP contribution is -2.21. The average Bonchev–Trinajstić information content (AvgIpc) is 2.93. The maximum absolute atomic E-state index is 11.3. The van der Waals surface area contributed by atoms with Crippen LogP contribution < -0.4 is 11.1 Å². The van der Waals surface area contributed by atoms with E-state index in [0.717, 1.165) is 11.3 Å². The van der Waals surface area contributed by atoms with E-state index >= 15 is 0 Å². The van der Waals surface area contributed by atoms with Crippen LogP contribution in [0.4, 0.5) is 0 Å². The van der Waals surface area contributed by atoms with E-state index in [1.165, 1.54) is 0 Å². The molecule has 5 heteroatoms. The van der Waals surface area contributed by atoms with E-state index in [9.17, 15) is 4.79 Å². The predicted molar refractivity (Wildman–Crippen MR) is 73.4 cm³/mol. The van der Waals surface area contributed by atoms with Crippen LogP contribution in [0, 0.1) is 0 Å². The molecule has 0 radical (unpaired) electrons. The number of amides is 1. The predicted octanol–water partition coefficient (Wildman–Crippen LogP) is 1.07. The SMILES string of the molecule is CNC(=O)CCn1cncc1C(N)c1ccccc1. The molecule has 0 saturated heterocycles. The van der Waals surface area contributed by atoms with Gasteiger partial charge in [0.25, 0.3) is 0 Å². The van der Waals surface area contributed by atoms with E-state index < -0.39 is 0 Å². The molecular weight excluding hydrogens is 240 g/mol. The van der Waals surface area contributed by atoms with Gasteiger partial charge < -0.3 is 15.6 Å². The van der Waals surface area contributed by atoms with Crippen molar-refractivity contribution in [3.8, 4) is 0 Å². The molecule has 19 heavy (non-hydrogen) atoms. The monoisotopic (exact) mass is 258 g/mol. The van der Waals surface area contributed by atoms with Crippen LogP contribution in [-0.4, -0.2) is 22.5 Å². The van der Waals surface area contributed by atoms with E-state index in [4.69, 9.17) is 5.73 Å². The molecule has 2 rings (SSSR count). The van der Waals surface area contributed by atoms with Crippen molar-refractivity contribution < 1.29 is 4.79 Å². The van der Waals surface area contributed by atoms with Gasteiger partial charge in [-0.2, -0.15) is 0 Å². The molecule has 0 aliphatic heterocycles. The molecule has 1 amide bonds. The maximum Gasteiger partial charge on any atom is 0.221 e. The molecule has 1 atom stereocenters. The highest BCUT2D eigenvalue weighted by molar-refractivity contribution is 5.75. The van der Waals surface area contributed by atoms with Gasteiger partial charge in [-0.1, -0.05) is 30.3 Å². The van der Waals surface area contributed by atoms with Crippen LogP contribution in [0.1, 0.15) is 23.7 Å². The summed E-state index contributed by atoms with van der Waals surface area (Å²) in [5.41, 5.74) is 8.18. The van der Waals surface area contributed by atoms with Crippen LogP contribution in [-0.2, 0) is 11.3 Å². The topological polar surface area (TPSA) is 72.9 Å². The first kappa shape index (κ1) is 13.3.